The smallest absolute Gasteiger partial charge is 0.273 e. The molecule has 7 heteroatoms. The average molecular weight is 418 g/mol. The Bertz CT molecular complexity index is 1140. The molecule has 5 rings (SSSR count). The molecular formula is C23H23N5OS. The van der Waals surface area contributed by atoms with Gasteiger partial charge in [0, 0.05) is 56.1 Å². The quantitative estimate of drug-likeness (QED) is 0.508. The zero-order chi connectivity index (χ0) is 20.5. The second-order valence-corrected chi connectivity index (χ2v) is 8.53. The molecule has 1 amide bonds. The standard InChI is InChI=1S/C23H23N5OS/c1-17-5-7-18(8-6-17)22-25-20(16-30-22)23(29)27-12-10-26(11-13-27)14-19-15-28-9-3-2-4-21(28)24-19/h2-9,15-16H,10-14H2,1H3. The molecule has 6 nitrogen and oxygen atoms in total. The third kappa shape index (κ3) is 3.86. The highest BCUT2D eigenvalue weighted by atomic mass is 32.1. The minimum Gasteiger partial charge on any atom is -0.335 e. The summed E-state index contributed by atoms with van der Waals surface area (Å²) in [5.74, 6) is 0.0250. The van der Waals surface area contributed by atoms with Gasteiger partial charge in [-0.25, -0.2) is 9.97 Å². The van der Waals surface area contributed by atoms with Gasteiger partial charge in [0.25, 0.3) is 5.91 Å². The van der Waals surface area contributed by atoms with Gasteiger partial charge in [0.2, 0.25) is 0 Å². The Kier molecular flexibility index (Phi) is 5.06. The van der Waals surface area contributed by atoms with Crippen molar-refractivity contribution >= 4 is 22.9 Å². The maximum Gasteiger partial charge on any atom is 0.273 e. The number of piperazine rings is 1. The summed E-state index contributed by atoms with van der Waals surface area (Å²) in [6, 6.07) is 14.3. The van der Waals surface area contributed by atoms with E-state index in [4.69, 9.17) is 0 Å². The van der Waals surface area contributed by atoms with Crippen molar-refractivity contribution in [3.05, 3.63) is 77.2 Å². The Balaban J connectivity index is 1.20. The number of amides is 1. The Morgan fingerprint density at radius 3 is 2.60 bits per heavy atom. The summed E-state index contributed by atoms with van der Waals surface area (Å²) in [7, 11) is 0. The molecule has 1 aliphatic rings. The first kappa shape index (κ1) is 19.0. The molecule has 0 bridgehead atoms. The largest absolute Gasteiger partial charge is 0.335 e. The minimum absolute atomic E-state index is 0.0250. The molecule has 1 aromatic carbocycles. The van der Waals surface area contributed by atoms with Crippen LogP contribution in [-0.2, 0) is 6.54 Å². The van der Waals surface area contributed by atoms with Crippen molar-refractivity contribution in [3.63, 3.8) is 0 Å². The van der Waals surface area contributed by atoms with Gasteiger partial charge < -0.3 is 9.30 Å². The van der Waals surface area contributed by atoms with Crippen LogP contribution in [0.2, 0.25) is 0 Å². The van der Waals surface area contributed by atoms with E-state index in [0.717, 1.165) is 41.5 Å². The Morgan fingerprint density at radius 2 is 1.83 bits per heavy atom. The van der Waals surface area contributed by atoms with Crippen molar-refractivity contribution in [2.75, 3.05) is 26.2 Å². The molecule has 0 unspecified atom stereocenters. The average Bonchev–Trinajstić information content (AvgIpc) is 3.41. The number of fused-ring (bicyclic) bond motifs is 1. The molecule has 1 saturated heterocycles. The SMILES string of the molecule is Cc1ccc(-c2nc(C(=O)N3CCN(Cc4cn5ccccc5n4)CC3)cs2)cc1. The van der Waals surface area contributed by atoms with Crippen molar-refractivity contribution in [2.45, 2.75) is 13.5 Å². The molecule has 0 atom stereocenters. The van der Waals surface area contributed by atoms with Gasteiger partial charge in [-0.05, 0) is 19.1 Å². The number of rotatable bonds is 4. The van der Waals surface area contributed by atoms with Crippen molar-refractivity contribution in [1.82, 2.24) is 24.2 Å². The Labute approximate surface area is 179 Å². The summed E-state index contributed by atoms with van der Waals surface area (Å²) in [5.41, 5.74) is 4.84. The molecule has 152 valence electrons. The van der Waals surface area contributed by atoms with E-state index in [1.165, 1.54) is 16.9 Å². The summed E-state index contributed by atoms with van der Waals surface area (Å²) >= 11 is 1.53. The number of pyridine rings is 1. The first-order chi connectivity index (χ1) is 14.7. The summed E-state index contributed by atoms with van der Waals surface area (Å²) in [6.07, 6.45) is 4.09. The van der Waals surface area contributed by atoms with E-state index >= 15 is 0 Å². The lowest BCUT2D eigenvalue weighted by Crippen LogP contribution is -2.48. The fourth-order valence-electron chi connectivity index (χ4n) is 3.76. The number of imidazole rings is 1. The predicted molar refractivity (Wildman–Crippen MR) is 119 cm³/mol. The van der Waals surface area contributed by atoms with E-state index in [1.54, 1.807) is 0 Å². The van der Waals surface area contributed by atoms with Crippen LogP contribution in [0.15, 0.2) is 60.2 Å². The van der Waals surface area contributed by atoms with E-state index in [2.05, 4.69) is 52.3 Å². The van der Waals surface area contributed by atoms with E-state index < -0.39 is 0 Å². The van der Waals surface area contributed by atoms with Crippen LogP contribution in [0.5, 0.6) is 0 Å². The summed E-state index contributed by atoms with van der Waals surface area (Å²) in [4.78, 5) is 26.5. The van der Waals surface area contributed by atoms with Gasteiger partial charge in [-0.15, -0.1) is 11.3 Å². The van der Waals surface area contributed by atoms with Gasteiger partial charge >= 0.3 is 0 Å². The molecule has 0 aliphatic carbocycles. The molecule has 0 radical (unpaired) electrons. The molecule has 4 heterocycles. The maximum atomic E-state index is 12.9. The number of aryl methyl sites for hydroxylation is 1. The second-order valence-electron chi connectivity index (χ2n) is 7.67. The van der Waals surface area contributed by atoms with E-state index in [-0.39, 0.29) is 5.91 Å². The Hall–Kier alpha value is -3.03. The fourth-order valence-corrected chi connectivity index (χ4v) is 4.56. The third-order valence-electron chi connectivity index (χ3n) is 5.48. The molecule has 1 aliphatic heterocycles. The fraction of sp³-hybridized carbons (Fsp3) is 0.261. The van der Waals surface area contributed by atoms with Crippen molar-refractivity contribution in [1.29, 1.82) is 0 Å². The number of hydrogen-bond donors (Lipinski definition) is 0. The lowest BCUT2D eigenvalue weighted by molar-refractivity contribution is 0.0622. The number of carbonyl (C=O) groups excluding carboxylic acids is 1. The number of hydrogen-bond acceptors (Lipinski definition) is 5. The van der Waals surface area contributed by atoms with Crippen LogP contribution in [-0.4, -0.2) is 56.3 Å². The van der Waals surface area contributed by atoms with Gasteiger partial charge in [0.15, 0.2) is 0 Å². The zero-order valence-electron chi connectivity index (χ0n) is 16.9. The minimum atomic E-state index is 0.0250. The molecule has 30 heavy (non-hydrogen) atoms. The monoisotopic (exact) mass is 417 g/mol. The van der Waals surface area contributed by atoms with E-state index in [1.807, 2.05) is 39.1 Å². The van der Waals surface area contributed by atoms with Gasteiger partial charge in [-0.2, -0.15) is 0 Å². The summed E-state index contributed by atoms with van der Waals surface area (Å²) < 4.78 is 2.04. The molecular weight excluding hydrogens is 394 g/mol. The van der Waals surface area contributed by atoms with Crippen LogP contribution >= 0.6 is 11.3 Å². The summed E-state index contributed by atoms with van der Waals surface area (Å²) in [5, 5.41) is 2.77. The number of nitrogens with zero attached hydrogens (tertiary/aromatic N) is 5. The number of benzene rings is 1. The number of thiazole rings is 1. The normalized spacial score (nSPS) is 15.0. The highest BCUT2D eigenvalue weighted by molar-refractivity contribution is 7.13. The summed E-state index contributed by atoms with van der Waals surface area (Å²) in [6.45, 7) is 5.98. The van der Waals surface area contributed by atoms with E-state index in [9.17, 15) is 4.79 Å². The number of aromatic nitrogens is 3. The second kappa shape index (κ2) is 8.01. The third-order valence-corrected chi connectivity index (χ3v) is 6.37. The highest BCUT2D eigenvalue weighted by Gasteiger charge is 2.24. The molecule has 4 aromatic rings. The van der Waals surface area contributed by atoms with Crippen LogP contribution in [0.25, 0.3) is 16.2 Å². The zero-order valence-corrected chi connectivity index (χ0v) is 17.7. The van der Waals surface area contributed by atoms with Crippen molar-refractivity contribution in [3.8, 4) is 10.6 Å². The molecule has 0 N–H and O–H groups in total. The van der Waals surface area contributed by atoms with Gasteiger partial charge in [0.05, 0.1) is 5.69 Å². The van der Waals surface area contributed by atoms with Gasteiger partial charge in [-0.1, -0.05) is 35.9 Å². The highest BCUT2D eigenvalue weighted by Crippen LogP contribution is 2.25. The lowest BCUT2D eigenvalue weighted by atomic mass is 10.2. The van der Waals surface area contributed by atoms with Crippen LogP contribution in [0, 0.1) is 6.92 Å². The van der Waals surface area contributed by atoms with Crippen molar-refractivity contribution in [2.24, 2.45) is 0 Å². The van der Waals surface area contributed by atoms with Crippen LogP contribution < -0.4 is 0 Å². The van der Waals surface area contributed by atoms with Crippen LogP contribution in [0.3, 0.4) is 0 Å². The molecule has 1 fully saturated rings. The predicted octanol–water partition coefficient (Wildman–Crippen LogP) is 3.72. The van der Waals surface area contributed by atoms with E-state index in [0.29, 0.717) is 18.8 Å². The molecule has 0 spiro atoms. The molecule has 0 saturated carbocycles. The van der Waals surface area contributed by atoms with Gasteiger partial charge in [-0.3, -0.25) is 9.69 Å². The topological polar surface area (TPSA) is 53.7 Å². The maximum absolute atomic E-state index is 12.9. The van der Waals surface area contributed by atoms with Crippen LogP contribution in [0.4, 0.5) is 0 Å². The Morgan fingerprint density at radius 1 is 1.03 bits per heavy atom. The lowest BCUT2D eigenvalue weighted by Gasteiger charge is -2.34. The molecule has 3 aromatic heterocycles. The van der Waals surface area contributed by atoms with Crippen LogP contribution in [0.1, 0.15) is 21.7 Å². The first-order valence-electron chi connectivity index (χ1n) is 10.1. The first-order valence-corrected chi connectivity index (χ1v) is 11.0. The van der Waals surface area contributed by atoms with Gasteiger partial charge in [0.1, 0.15) is 16.3 Å². The number of carbonyl (C=O) groups is 1. The van der Waals surface area contributed by atoms with Crippen molar-refractivity contribution < 1.29 is 4.79 Å².